The Labute approximate surface area is 95.8 Å². The summed E-state index contributed by atoms with van der Waals surface area (Å²) in [6, 6.07) is -0.398. The van der Waals surface area contributed by atoms with E-state index < -0.39 is 12.0 Å². The molecule has 5 heteroatoms. The molecule has 0 bridgehead atoms. The number of carbonyl (C=O) groups is 1. The number of rotatable bonds is 10. The Morgan fingerprint density at radius 3 is 2.80 bits per heavy atom. The first-order valence-corrected chi connectivity index (χ1v) is 6.40. The molecule has 0 radical (unpaired) electrons. The van der Waals surface area contributed by atoms with Gasteiger partial charge in [0.25, 0.3) is 0 Å². The van der Waals surface area contributed by atoms with Crippen molar-refractivity contribution in [2.45, 2.75) is 25.8 Å². The van der Waals surface area contributed by atoms with Gasteiger partial charge < -0.3 is 15.2 Å². The van der Waals surface area contributed by atoms with E-state index in [9.17, 15) is 4.79 Å². The van der Waals surface area contributed by atoms with Gasteiger partial charge in [-0.3, -0.25) is 4.79 Å². The molecular weight excluding hydrogens is 214 g/mol. The number of nitrogens with one attached hydrogen (secondary N) is 1. The number of hydrogen-bond acceptors (Lipinski definition) is 4. The second kappa shape index (κ2) is 10.3. The highest BCUT2D eigenvalue weighted by Crippen LogP contribution is 2.07. The number of thioether (sulfide) groups is 1. The Bertz CT molecular complexity index is 167. The maximum Gasteiger partial charge on any atom is 0.320 e. The fraction of sp³-hybridized carbons (Fsp3) is 0.900. The fourth-order valence-electron chi connectivity index (χ4n) is 1.17. The third-order valence-electron chi connectivity index (χ3n) is 1.94. The number of carboxylic acids is 1. The molecule has 0 saturated carbocycles. The van der Waals surface area contributed by atoms with E-state index in [1.807, 2.05) is 6.92 Å². The number of aliphatic carboxylic acids is 1. The third-order valence-corrected chi connectivity index (χ3v) is 3.04. The van der Waals surface area contributed by atoms with Crippen LogP contribution in [0.4, 0.5) is 0 Å². The lowest BCUT2D eigenvalue weighted by molar-refractivity contribution is -0.139. The van der Waals surface area contributed by atoms with Gasteiger partial charge in [-0.2, -0.15) is 11.8 Å². The zero-order valence-electron chi connectivity index (χ0n) is 9.49. The van der Waals surface area contributed by atoms with Crippen LogP contribution in [0.15, 0.2) is 0 Å². The molecule has 0 aliphatic carbocycles. The van der Waals surface area contributed by atoms with Gasteiger partial charge in [-0.1, -0.05) is 6.92 Å². The highest BCUT2D eigenvalue weighted by molar-refractivity contribution is 7.99. The summed E-state index contributed by atoms with van der Waals surface area (Å²) in [5.41, 5.74) is 0. The van der Waals surface area contributed by atoms with Crippen molar-refractivity contribution in [2.75, 3.05) is 31.8 Å². The van der Waals surface area contributed by atoms with Crippen molar-refractivity contribution < 1.29 is 14.6 Å². The highest BCUT2D eigenvalue weighted by Gasteiger charge is 2.14. The Kier molecular flexibility index (Phi) is 10.1. The number of methoxy groups -OCH3 is 1. The minimum Gasteiger partial charge on any atom is -0.480 e. The lowest BCUT2D eigenvalue weighted by Gasteiger charge is -2.12. The van der Waals surface area contributed by atoms with Crippen LogP contribution < -0.4 is 5.32 Å². The maximum absolute atomic E-state index is 10.8. The Morgan fingerprint density at radius 1 is 1.53 bits per heavy atom. The molecule has 0 fully saturated rings. The summed E-state index contributed by atoms with van der Waals surface area (Å²) in [5.74, 6) is 1.16. The van der Waals surface area contributed by atoms with Crippen LogP contribution in [0, 0.1) is 0 Å². The van der Waals surface area contributed by atoms with Crippen molar-refractivity contribution >= 4 is 17.7 Å². The first-order valence-electron chi connectivity index (χ1n) is 5.25. The second-order valence-electron chi connectivity index (χ2n) is 3.20. The molecule has 0 saturated heterocycles. The average Bonchev–Trinajstić information content (AvgIpc) is 2.21. The van der Waals surface area contributed by atoms with Gasteiger partial charge in [-0.05, 0) is 30.9 Å². The van der Waals surface area contributed by atoms with E-state index in [1.54, 1.807) is 18.9 Å². The van der Waals surface area contributed by atoms with Crippen molar-refractivity contribution in [1.82, 2.24) is 5.32 Å². The quantitative estimate of drug-likeness (QED) is 0.557. The number of carboxylic acid groups (broad SMARTS) is 1. The standard InChI is InChI=1S/C10H21NO3S/c1-3-11-9(10(12)13)5-8-15-7-4-6-14-2/h9,11H,3-8H2,1-2H3,(H,12,13). The molecule has 2 N–H and O–H groups in total. The lowest BCUT2D eigenvalue weighted by Crippen LogP contribution is -2.36. The van der Waals surface area contributed by atoms with Crippen molar-refractivity contribution in [3.63, 3.8) is 0 Å². The molecule has 0 spiro atoms. The van der Waals surface area contributed by atoms with Gasteiger partial charge in [-0.15, -0.1) is 0 Å². The van der Waals surface area contributed by atoms with Gasteiger partial charge in [0.2, 0.25) is 0 Å². The van der Waals surface area contributed by atoms with Gasteiger partial charge in [0.1, 0.15) is 6.04 Å². The topological polar surface area (TPSA) is 58.6 Å². The van der Waals surface area contributed by atoms with E-state index in [0.29, 0.717) is 13.0 Å². The molecule has 4 nitrogen and oxygen atoms in total. The third kappa shape index (κ3) is 8.72. The van der Waals surface area contributed by atoms with Crippen LogP contribution in [0.3, 0.4) is 0 Å². The van der Waals surface area contributed by atoms with Crippen LogP contribution in [0.2, 0.25) is 0 Å². The molecule has 0 aromatic rings. The smallest absolute Gasteiger partial charge is 0.320 e. The first-order chi connectivity index (χ1) is 7.22. The summed E-state index contributed by atoms with van der Waals surface area (Å²) in [6.07, 6.45) is 1.71. The van der Waals surface area contributed by atoms with Gasteiger partial charge >= 0.3 is 5.97 Å². The predicted octanol–water partition coefficient (Wildman–Crippen LogP) is 1.21. The molecule has 1 atom stereocenters. The Hall–Kier alpha value is -0.260. The monoisotopic (exact) mass is 235 g/mol. The Balaban J connectivity index is 3.41. The molecule has 0 aliphatic rings. The van der Waals surface area contributed by atoms with Crippen LogP contribution in [-0.4, -0.2) is 48.9 Å². The molecular formula is C10H21NO3S. The Morgan fingerprint density at radius 2 is 2.27 bits per heavy atom. The number of hydrogen-bond donors (Lipinski definition) is 2. The molecule has 0 aliphatic heterocycles. The van der Waals surface area contributed by atoms with E-state index >= 15 is 0 Å². The summed E-state index contributed by atoms with van der Waals surface area (Å²) in [4.78, 5) is 10.8. The van der Waals surface area contributed by atoms with Crippen LogP contribution in [-0.2, 0) is 9.53 Å². The molecule has 15 heavy (non-hydrogen) atoms. The van der Waals surface area contributed by atoms with E-state index in [2.05, 4.69) is 5.32 Å². The maximum atomic E-state index is 10.8. The van der Waals surface area contributed by atoms with Gasteiger partial charge in [-0.25, -0.2) is 0 Å². The summed E-state index contributed by atoms with van der Waals surface area (Å²) >= 11 is 1.78. The minimum absolute atomic E-state index is 0.398. The van der Waals surface area contributed by atoms with Crippen LogP contribution in [0.1, 0.15) is 19.8 Å². The first kappa shape index (κ1) is 14.7. The molecule has 0 amide bonds. The van der Waals surface area contributed by atoms with Crippen molar-refractivity contribution in [1.29, 1.82) is 0 Å². The number of likely N-dealkylation sites (N-methyl/N-ethyl adjacent to an activating group) is 1. The van der Waals surface area contributed by atoms with E-state index in [4.69, 9.17) is 9.84 Å². The zero-order chi connectivity index (χ0) is 11.5. The van der Waals surface area contributed by atoms with Crippen LogP contribution in [0.25, 0.3) is 0 Å². The molecule has 0 rings (SSSR count). The van der Waals surface area contributed by atoms with Crippen molar-refractivity contribution in [3.05, 3.63) is 0 Å². The SMILES string of the molecule is CCNC(CCSCCCOC)C(=O)O. The lowest BCUT2D eigenvalue weighted by atomic mass is 10.2. The highest BCUT2D eigenvalue weighted by atomic mass is 32.2. The van der Waals surface area contributed by atoms with E-state index in [1.165, 1.54) is 0 Å². The number of ether oxygens (including phenoxy) is 1. The summed E-state index contributed by atoms with van der Waals surface area (Å²) < 4.78 is 4.93. The van der Waals surface area contributed by atoms with Crippen molar-refractivity contribution in [2.24, 2.45) is 0 Å². The summed E-state index contributed by atoms with van der Waals surface area (Å²) in [5, 5.41) is 11.8. The molecule has 0 aromatic heterocycles. The van der Waals surface area contributed by atoms with Gasteiger partial charge in [0.05, 0.1) is 0 Å². The molecule has 90 valence electrons. The zero-order valence-corrected chi connectivity index (χ0v) is 10.3. The predicted molar refractivity (Wildman–Crippen MR) is 63.5 cm³/mol. The van der Waals surface area contributed by atoms with Crippen LogP contribution in [0.5, 0.6) is 0 Å². The minimum atomic E-state index is -0.755. The van der Waals surface area contributed by atoms with Crippen LogP contribution >= 0.6 is 11.8 Å². The molecule has 0 heterocycles. The summed E-state index contributed by atoms with van der Waals surface area (Å²) in [6.45, 7) is 3.40. The van der Waals surface area contributed by atoms with E-state index in [0.717, 1.165) is 24.5 Å². The van der Waals surface area contributed by atoms with Crippen molar-refractivity contribution in [3.8, 4) is 0 Å². The van der Waals surface area contributed by atoms with Gasteiger partial charge in [0.15, 0.2) is 0 Å². The molecule has 0 aromatic carbocycles. The molecule has 1 unspecified atom stereocenters. The largest absolute Gasteiger partial charge is 0.480 e. The fourth-order valence-corrected chi connectivity index (χ4v) is 2.10. The average molecular weight is 235 g/mol. The second-order valence-corrected chi connectivity index (χ2v) is 4.42. The van der Waals surface area contributed by atoms with Gasteiger partial charge in [0, 0.05) is 13.7 Å². The summed E-state index contributed by atoms with van der Waals surface area (Å²) in [7, 11) is 1.69. The normalized spacial score (nSPS) is 12.7. The van der Waals surface area contributed by atoms with E-state index in [-0.39, 0.29) is 0 Å².